The second-order valence-corrected chi connectivity index (χ2v) is 7.12. The van der Waals surface area contributed by atoms with E-state index in [0.29, 0.717) is 12.5 Å². The maximum Gasteiger partial charge on any atom is 0.0995 e. The number of hydrogen-bond donors (Lipinski definition) is 1. The second kappa shape index (κ2) is 7.80. The van der Waals surface area contributed by atoms with Crippen molar-refractivity contribution in [3.05, 3.63) is 12.2 Å². The Morgan fingerprint density at radius 1 is 1.43 bits per heavy atom. The highest BCUT2D eigenvalue weighted by Crippen LogP contribution is 2.41. The van der Waals surface area contributed by atoms with E-state index in [-0.39, 0.29) is 11.0 Å². The maximum absolute atomic E-state index is 5.36. The molecule has 2 heteroatoms. The van der Waals surface area contributed by atoms with Crippen molar-refractivity contribution in [2.24, 2.45) is 16.3 Å². The van der Waals surface area contributed by atoms with Gasteiger partial charge in [0, 0.05) is 5.71 Å². The van der Waals surface area contributed by atoms with Gasteiger partial charge in [-0.05, 0) is 43.6 Å². The number of nitrogens with zero attached hydrogens (tertiary/aromatic N) is 1. The SMILES string of the molecule is C#CC/N=C1/CC(C/C=C\C(C)(C)C)C1(CC)NCCC. The standard InChI is InChI=1S/C19H32N2/c1-7-13-20-17-15-16(11-10-12-18(4,5)6)19(17,9-3)21-14-8-2/h1,10,12,16,21H,8-9,11,13-15H2,2-6H3/b12-10-,20-17-. The molecule has 0 bridgehead atoms. The predicted octanol–water partition coefficient (Wildman–Crippen LogP) is 4.22. The Bertz CT molecular complexity index is 420. The normalized spacial score (nSPS) is 27.8. The molecule has 0 aromatic heterocycles. The van der Waals surface area contributed by atoms with E-state index in [4.69, 9.17) is 6.42 Å². The van der Waals surface area contributed by atoms with Crippen LogP contribution in [0.1, 0.15) is 60.3 Å². The summed E-state index contributed by atoms with van der Waals surface area (Å²) < 4.78 is 0. The van der Waals surface area contributed by atoms with Crippen LogP contribution in [0.2, 0.25) is 0 Å². The van der Waals surface area contributed by atoms with Crippen LogP contribution in [0.5, 0.6) is 0 Å². The zero-order chi connectivity index (χ0) is 15.9. The number of aliphatic imine (C=N–C) groups is 1. The molecule has 1 N–H and O–H groups in total. The van der Waals surface area contributed by atoms with Crippen molar-refractivity contribution in [3.8, 4) is 12.3 Å². The molecule has 1 aliphatic carbocycles. The third kappa shape index (κ3) is 4.71. The van der Waals surface area contributed by atoms with Crippen molar-refractivity contribution < 1.29 is 0 Å². The Balaban J connectivity index is 2.80. The third-order valence-corrected chi connectivity index (χ3v) is 4.30. The van der Waals surface area contributed by atoms with Crippen LogP contribution in [0.25, 0.3) is 0 Å². The van der Waals surface area contributed by atoms with Crippen LogP contribution in [0.15, 0.2) is 17.1 Å². The van der Waals surface area contributed by atoms with Gasteiger partial charge in [0.25, 0.3) is 0 Å². The number of rotatable bonds is 7. The first-order valence-corrected chi connectivity index (χ1v) is 8.29. The summed E-state index contributed by atoms with van der Waals surface area (Å²) >= 11 is 0. The molecule has 0 heterocycles. The van der Waals surface area contributed by atoms with Gasteiger partial charge in [-0.2, -0.15) is 0 Å². The molecule has 0 saturated heterocycles. The van der Waals surface area contributed by atoms with E-state index in [9.17, 15) is 0 Å². The fourth-order valence-corrected chi connectivity index (χ4v) is 3.12. The average molecular weight is 288 g/mol. The van der Waals surface area contributed by atoms with E-state index in [2.05, 4.69) is 63.0 Å². The highest BCUT2D eigenvalue weighted by Gasteiger charge is 2.49. The van der Waals surface area contributed by atoms with E-state index in [1.165, 1.54) is 5.71 Å². The smallest absolute Gasteiger partial charge is 0.0995 e. The van der Waals surface area contributed by atoms with E-state index in [0.717, 1.165) is 32.2 Å². The second-order valence-electron chi connectivity index (χ2n) is 7.12. The van der Waals surface area contributed by atoms with Gasteiger partial charge in [0.05, 0.1) is 12.1 Å². The summed E-state index contributed by atoms with van der Waals surface area (Å²) in [6.07, 6.45) is 14.5. The first-order valence-electron chi connectivity index (χ1n) is 8.29. The molecule has 2 unspecified atom stereocenters. The molecular weight excluding hydrogens is 256 g/mol. The molecule has 2 nitrogen and oxygen atoms in total. The topological polar surface area (TPSA) is 24.4 Å². The van der Waals surface area contributed by atoms with Gasteiger partial charge in [-0.25, -0.2) is 0 Å². The van der Waals surface area contributed by atoms with Crippen molar-refractivity contribution >= 4 is 5.71 Å². The van der Waals surface area contributed by atoms with Gasteiger partial charge < -0.3 is 5.32 Å². The Kier molecular flexibility index (Phi) is 6.68. The lowest BCUT2D eigenvalue weighted by atomic mass is 9.61. The quantitative estimate of drug-likeness (QED) is 0.550. The number of hydrogen-bond acceptors (Lipinski definition) is 2. The fraction of sp³-hybridized carbons (Fsp3) is 0.737. The summed E-state index contributed by atoms with van der Waals surface area (Å²) in [6, 6.07) is 0. The van der Waals surface area contributed by atoms with Gasteiger partial charge in [-0.3, -0.25) is 4.99 Å². The highest BCUT2D eigenvalue weighted by atomic mass is 15.0. The van der Waals surface area contributed by atoms with E-state index < -0.39 is 0 Å². The zero-order valence-corrected chi connectivity index (χ0v) is 14.5. The average Bonchev–Trinajstić information content (AvgIpc) is 2.41. The van der Waals surface area contributed by atoms with Gasteiger partial charge in [-0.15, -0.1) is 6.42 Å². The van der Waals surface area contributed by atoms with E-state index >= 15 is 0 Å². The molecule has 1 aliphatic rings. The molecule has 0 aromatic carbocycles. The van der Waals surface area contributed by atoms with Crippen molar-refractivity contribution in [3.63, 3.8) is 0 Å². The van der Waals surface area contributed by atoms with Gasteiger partial charge in [-0.1, -0.05) is 52.7 Å². The molecule has 0 spiro atoms. The minimum Gasteiger partial charge on any atom is -0.306 e. The molecule has 0 aromatic rings. The third-order valence-electron chi connectivity index (χ3n) is 4.30. The summed E-state index contributed by atoms with van der Waals surface area (Å²) in [5, 5.41) is 3.76. The fourth-order valence-electron chi connectivity index (χ4n) is 3.12. The lowest BCUT2D eigenvalue weighted by Crippen LogP contribution is -2.65. The van der Waals surface area contributed by atoms with Gasteiger partial charge >= 0.3 is 0 Å². The van der Waals surface area contributed by atoms with Crippen LogP contribution in [0.3, 0.4) is 0 Å². The highest BCUT2D eigenvalue weighted by molar-refractivity contribution is 6.00. The van der Waals surface area contributed by atoms with E-state index in [1.807, 2.05) is 0 Å². The van der Waals surface area contributed by atoms with Crippen molar-refractivity contribution in [2.45, 2.75) is 65.8 Å². The van der Waals surface area contributed by atoms with Crippen molar-refractivity contribution in [1.82, 2.24) is 5.32 Å². The van der Waals surface area contributed by atoms with Crippen LogP contribution in [0, 0.1) is 23.7 Å². The lowest BCUT2D eigenvalue weighted by molar-refractivity contribution is 0.229. The largest absolute Gasteiger partial charge is 0.306 e. The number of nitrogens with one attached hydrogen (secondary N) is 1. The minimum atomic E-state index is 0.0785. The summed E-state index contributed by atoms with van der Waals surface area (Å²) in [5.41, 5.74) is 1.62. The Morgan fingerprint density at radius 2 is 2.14 bits per heavy atom. The lowest BCUT2D eigenvalue weighted by Gasteiger charge is -2.51. The molecule has 1 fully saturated rings. The molecule has 1 rings (SSSR count). The van der Waals surface area contributed by atoms with Crippen LogP contribution in [-0.2, 0) is 0 Å². The molecule has 0 radical (unpaired) electrons. The monoisotopic (exact) mass is 288 g/mol. The molecule has 2 atom stereocenters. The summed E-state index contributed by atoms with van der Waals surface area (Å²) in [5.74, 6) is 3.28. The number of allylic oxidation sites excluding steroid dienone is 2. The van der Waals surface area contributed by atoms with Crippen LogP contribution in [0.4, 0.5) is 0 Å². The summed E-state index contributed by atoms with van der Waals surface area (Å²) in [7, 11) is 0. The Morgan fingerprint density at radius 3 is 2.67 bits per heavy atom. The minimum absolute atomic E-state index is 0.0785. The van der Waals surface area contributed by atoms with Crippen LogP contribution < -0.4 is 5.32 Å². The summed E-state index contributed by atoms with van der Waals surface area (Å²) in [6.45, 7) is 12.7. The predicted molar refractivity (Wildman–Crippen MR) is 93.8 cm³/mol. The summed E-state index contributed by atoms with van der Waals surface area (Å²) in [4.78, 5) is 4.63. The first kappa shape index (κ1) is 18.0. The molecule has 21 heavy (non-hydrogen) atoms. The molecule has 0 aliphatic heterocycles. The molecule has 0 amide bonds. The van der Waals surface area contributed by atoms with Gasteiger partial charge in [0.1, 0.15) is 0 Å². The Labute approximate surface area is 131 Å². The van der Waals surface area contributed by atoms with Crippen LogP contribution >= 0.6 is 0 Å². The van der Waals surface area contributed by atoms with Crippen molar-refractivity contribution in [1.29, 1.82) is 0 Å². The van der Waals surface area contributed by atoms with E-state index in [1.54, 1.807) is 0 Å². The molecular formula is C19H32N2. The first-order chi connectivity index (χ1) is 9.89. The maximum atomic E-state index is 5.36. The van der Waals surface area contributed by atoms with Gasteiger partial charge in [0.15, 0.2) is 0 Å². The van der Waals surface area contributed by atoms with Crippen LogP contribution in [-0.4, -0.2) is 24.3 Å². The molecule has 118 valence electrons. The number of terminal acetylenes is 1. The van der Waals surface area contributed by atoms with Crippen molar-refractivity contribution in [2.75, 3.05) is 13.1 Å². The zero-order valence-electron chi connectivity index (χ0n) is 14.5. The van der Waals surface area contributed by atoms with Gasteiger partial charge in [0.2, 0.25) is 0 Å². The molecule has 1 saturated carbocycles. The Hall–Kier alpha value is -1.07.